The Labute approximate surface area is 111 Å². The van der Waals surface area contributed by atoms with Gasteiger partial charge in [0, 0.05) is 10.5 Å². The summed E-state index contributed by atoms with van der Waals surface area (Å²) in [6.07, 6.45) is 3.26. The molecule has 0 aromatic heterocycles. The molecule has 0 radical (unpaired) electrons. The molecule has 1 atom stereocenters. The van der Waals surface area contributed by atoms with Crippen molar-refractivity contribution in [2.75, 3.05) is 14.2 Å². The normalized spacial score (nSPS) is 12.3. The molecule has 0 bridgehead atoms. The fourth-order valence-corrected chi connectivity index (χ4v) is 2.35. The van der Waals surface area contributed by atoms with E-state index in [4.69, 9.17) is 15.2 Å². The van der Waals surface area contributed by atoms with Crippen molar-refractivity contribution in [3.8, 4) is 11.5 Å². The van der Waals surface area contributed by atoms with Gasteiger partial charge in [-0.05, 0) is 24.1 Å². The van der Waals surface area contributed by atoms with E-state index in [1.807, 2.05) is 12.1 Å². The molecule has 3 nitrogen and oxygen atoms in total. The lowest BCUT2D eigenvalue weighted by Crippen LogP contribution is -2.11. The summed E-state index contributed by atoms with van der Waals surface area (Å²) in [7, 11) is 3.26. The van der Waals surface area contributed by atoms with Crippen LogP contribution >= 0.6 is 15.9 Å². The average Bonchev–Trinajstić information content (AvgIpc) is 2.35. The highest BCUT2D eigenvalue weighted by molar-refractivity contribution is 9.10. The molecule has 0 unspecified atom stereocenters. The number of halogens is 1. The molecule has 0 heterocycles. The van der Waals surface area contributed by atoms with Crippen molar-refractivity contribution >= 4 is 15.9 Å². The fraction of sp³-hybridized carbons (Fsp3) is 0.538. The number of hydrogen-bond acceptors (Lipinski definition) is 3. The molecule has 1 rings (SSSR count). The van der Waals surface area contributed by atoms with Crippen LogP contribution in [0.3, 0.4) is 0 Å². The Balaban J connectivity index is 2.99. The Morgan fingerprint density at radius 1 is 1.24 bits per heavy atom. The molecule has 96 valence electrons. The molecule has 0 aliphatic rings. The minimum absolute atomic E-state index is 0.0316. The Morgan fingerprint density at radius 2 is 1.82 bits per heavy atom. The maximum absolute atomic E-state index is 6.17. The molecule has 0 saturated carbocycles. The maximum atomic E-state index is 6.17. The summed E-state index contributed by atoms with van der Waals surface area (Å²) in [5.41, 5.74) is 7.24. The molecule has 0 aliphatic heterocycles. The molecule has 0 saturated heterocycles. The van der Waals surface area contributed by atoms with Gasteiger partial charge in [-0.2, -0.15) is 0 Å². The van der Waals surface area contributed by atoms with Gasteiger partial charge in [0.25, 0.3) is 0 Å². The topological polar surface area (TPSA) is 44.5 Å². The summed E-state index contributed by atoms with van der Waals surface area (Å²) in [6.45, 7) is 2.16. The summed E-state index contributed by atoms with van der Waals surface area (Å²) in [6, 6.07) is 3.88. The van der Waals surface area contributed by atoms with Crippen molar-refractivity contribution in [1.82, 2.24) is 0 Å². The van der Waals surface area contributed by atoms with Gasteiger partial charge in [-0.25, -0.2) is 0 Å². The van der Waals surface area contributed by atoms with E-state index in [-0.39, 0.29) is 6.04 Å². The van der Waals surface area contributed by atoms with Crippen LogP contribution in [0.2, 0.25) is 0 Å². The monoisotopic (exact) mass is 301 g/mol. The second-order valence-electron chi connectivity index (χ2n) is 3.98. The lowest BCUT2D eigenvalue weighted by atomic mass is 10.0. The van der Waals surface area contributed by atoms with Crippen molar-refractivity contribution in [1.29, 1.82) is 0 Å². The van der Waals surface area contributed by atoms with E-state index in [0.29, 0.717) is 5.75 Å². The van der Waals surface area contributed by atoms with Gasteiger partial charge in [0.05, 0.1) is 14.2 Å². The molecule has 0 fully saturated rings. The van der Waals surface area contributed by atoms with Crippen LogP contribution in [-0.4, -0.2) is 14.2 Å². The van der Waals surface area contributed by atoms with E-state index in [0.717, 1.165) is 35.0 Å². The van der Waals surface area contributed by atoms with E-state index >= 15 is 0 Å². The number of nitrogens with two attached hydrogens (primary N) is 1. The van der Waals surface area contributed by atoms with E-state index in [1.165, 1.54) is 0 Å². The minimum Gasteiger partial charge on any atom is -0.493 e. The molecule has 4 heteroatoms. The Kier molecular flexibility index (Phi) is 5.78. The van der Waals surface area contributed by atoms with Gasteiger partial charge in [-0.3, -0.25) is 0 Å². The van der Waals surface area contributed by atoms with Crippen LogP contribution in [0, 0.1) is 0 Å². The number of hydrogen-bond donors (Lipinski definition) is 1. The van der Waals surface area contributed by atoms with Gasteiger partial charge < -0.3 is 15.2 Å². The van der Waals surface area contributed by atoms with Crippen LogP contribution < -0.4 is 15.2 Å². The average molecular weight is 302 g/mol. The molecule has 0 amide bonds. The standard InChI is InChI=1S/C13H20BrNO2/c1-4-5-6-11(15)9-7-12(16-2)13(17-3)8-10(9)14/h7-8,11H,4-6,15H2,1-3H3/t11-/m0/s1. The molecule has 0 aliphatic carbocycles. The summed E-state index contributed by atoms with van der Waals surface area (Å²) in [4.78, 5) is 0. The zero-order valence-electron chi connectivity index (χ0n) is 10.6. The minimum atomic E-state index is 0.0316. The summed E-state index contributed by atoms with van der Waals surface area (Å²) >= 11 is 3.53. The van der Waals surface area contributed by atoms with Gasteiger partial charge in [-0.1, -0.05) is 35.7 Å². The van der Waals surface area contributed by atoms with E-state index in [2.05, 4.69) is 22.9 Å². The number of benzene rings is 1. The van der Waals surface area contributed by atoms with E-state index in [9.17, 15) is 0 Å². The van der Waals surface area contributed by atoms with Crippen LogP contribution in [0.4, 0.5) is 0 Å². The summed E-state index contributed by atoms with van der Waals surface area (Å²) in [5, 5.41) is 0. The van der Waals surface area contributed by atoms with Crippen LogP contribution in [0.1, 0.15) is 37.8 Å². The van der Waals surface area contributed by atoms with Crippen LogP contribution in [-0.2, 0) is 0 Å². The SMILES string of the molecule is CCCC[C@H](N)c1cc(OC)c(OC)cc1Br. The molecule has 2 N–H and O–H groups in total. The second kappa shape index (κ2) is 6.87. The van der Waals surface area contributed by atoms with Gasteiger partial charge in [0.2, 0.25) is 0 Å². The molecule has 17 heavy (non-hydrogen) atoms. The molecule has 1 aromatic rings. The Morgan fingerprint density at radius 3 is 2.35 bits per heavy atom. The Bertz CT molecular complexity index is 369. The first-order valence-electron chi connectivity index (χ1n) is 5.81. The summed E-state index contributed by atoms with van der Waals surface area (Å²) < 4.78 is 11.5. The third kappa shape index (κ3) is 3.61. The van der Waals surface area contributed by atoms with Crippen LogP contribution in [0.25, 0.3) is 0 Å². The zero-order valence-corrected chi connectivity index (χ0v) is 12.2. The number of unbranched alkanes of at least 4 members (excludes halogenated alkanes) is 1. The first-order valence-corrected chi connectivity index (χ1v) is 6.60. The smallest absolute Gasteiger partial charge is 0.161 e. The summed E-state index contributed by atoms with van der Waals surface area (Å²) in [5.74, 6) is 1.43. The lowest BCUT2D eigenvalue weighted by Gasteiger charge is -2.16. The molecular weight excluding hydrogens is 282 g/mol. The van der Waals surface area contributed by atoms with Crippen molar-refractivity contribution < 1.29 is 9.47 Å². The predicted octanol–water partition coefficient (Wildman–Crippen LogP) is 3.66. The first kappa shape index (κ1) is 14.3. The number of ether oxygens (including phenoxy) is 2. The van der Waals surface area contributed by atoms with Gasteiger partial charge in [0.1, 0.15) is 0 Å². The van der Waals surface area contributed by atoms with E-state index < -0.39 is 0 Å². The van der Waals surface area contributed by atoms with Crippen molar-refractivity contribution in [2.45, 2.75) is 32.2 Å². The Hall–Kier alpha value is -0.740. The third-order valence-corrected chi connectivity index (χ3v) is 3.46. The largest absolute Gasteiger partial charge is 0.493 e. The lowest BCUT2D eigenvalue weighted by molar-refractivity contribution is 0.353. The highest BCUT2D eigenvalue weighted by Gasteiger charge is 2.14. The molecular formula is C13H20BrNO2. The second-order valence-corrected chi connectivity index (χ2v) is 4.83. The van der Waals surface area contributed by atoms with Gasteiger partial charge in [0.15, 0.2) is 11.5 Å². The van der Waals surface area contributed by atoms with Gasteiger partial charge in [-0.15, -0.1) is 0 Å². The van der Waals surface area contributed by atoms with E-state index in [1.54, 1.807) is 14.2 Å². The van der Waals surface area contributed by atoms with Crippen molar-refractivity contribution in [3.05, 3.63) is 22.2 Å². The van der Waals surface area contributed by atoms with Crippen LogP contribution in [0.15, 0.2) is 16.6 Å². The molecule has 1 aromatic carbocycles. The highest BCUT2D eigenvalue weighted by atomic mass is 79.9. The third-order valence-electron chi connectivity index (χ3n) is 2.77. The fourth-order valence-electron chi connectivity index (χ4n) is 1.73. The highest BCUT2D eigenvalue weighted by Crippen LogP contribution is 2.36. The van der Waals surface area contributed by atoms with Gasteiger partial charge >= 0.3 is 0 Å². The van der Waals surface area contributed by atoms with Crippen LogP contribution in [0.5, 0.6) is 11.5 Å². The first-order chi connectivity index (χ1) is 8.13. The molecule has 0 spiro atoms. The number of methoxy groups -OCH3 is 2. The number of rotatable bonds is 6. The predicted molar refractivity (Wildman–Crippen MR) is 73.7 cm³/mol. The van der Waals surface area contributed by atoms with Crippen molar-refractivity contribution in [2.24, 2.45) is 5.73 Å². The quantitative estimate of drug-likeness (QED) is 0.872. The van der Waals surface area contributed by atoms with Crippen molar-refractivity contribution in [3.63, 3.8) is 0 Å². The zero-order chi connectivity index (χ0) is 12.8. The maximum Gasteiger partial charge on any atom is 0.161 e.